The van der Waals surface area contributed by atoms with Crippen LogP contribution in [-0.2, 0) is 0 Å². The number of nitrogens with one attached hydrogen (secondary N) is 1. The number of ether oxygens (including phenoxy) is 1. The molecule has 0 saturated heterocycles. The Hall–Kier alpha value is -1.67. The lowest BCUT2D eigenvalue weighted by Crippen LogP contribution is -2.17. The van der Waals surface area contributed by atoms with Crippen LogP contribution in [0.15, 0.2) is 34.8 Å². The van der Waals surface area contributed by atoms with Crippen molar-refractivity contribution in [3.8, 4) is 5.75 Å². The highest BCUT2D eigenvalue weighted by Crippen LogP contribution is 2.33. The van der Waals surface area contributed by atoms with E-state index in [2.05, 4.69) is 31.0 Å². The summed E-state index contributed by atoms with van der Waals surface area (Å²) >= 11 is 8.77. The molecule has 0 aliphatic rings. The zero-order valence-electron chi connectivity index (χ0n) is 10.2. The molecular weight excluding hydrogens is 375 g/mol. The van der Waals surface area contributed by atoms with Crippen LogP contribution in [0.1, 0.15) is 0 Å². The molecule has 0 bridgehead atoms. The predicted octanol–water partition coefficient (Wildman–Crippen LogP) is 4.72. The first kappa shape index (κ1) is 15.7. The minimum absolute atomic E-state index is 0.139. The van der Waals surface area contributed by atoms with E-state index >= 15 is 0 Å². The van der Waals surface area contributed by atoms with Crippen molar-refractivity contribution in [2.24, 2.45) is 0 Å². The Balaban J connectivity index is 2.20. The van der Waals surface area contributed by atoms with Gasteiger partial charge in [-0.15, -0.1) is 13.2 Å². The molecule has 112 valence electrons. The van der Waals surface area contributed by atoms with E-state index < -0.39 is 6.36 Å². The van der Waals surface area contributed by atoms with Crippen molar-refractivity contribution in [3.63, 3.8) is 0 Å². The molecular formula is C12H8BrClF3N3O. The van der Waals surface area contributed by atoms with E-state index in [9.17, 15) is 13.2 Å². The Bertz CT molecular complexity index is 646. The van der Waals surface area contributed by atoms with Gasteiger partial charge in [0, 0.05) is 17.4 Å². The third kappa shape index (κ3) is 4.68. The van der Waals surface area contributed by atoms with Crippen LogP contribution in [0.2, 0.25) is 5.15 Å². The Morgan fingerprint density at radius 1 is 1.24 bits per heavy atom. The zero-order valence-corrected chi connectivity index (χ0v) is 12.6. The second kappa shape index (κ2) is 5.98. The van der Waals surface area contributed by atoms with E-state index in [1.165, 1.54) is 24.3 Å². The van der Waals surface area contributed by atoms with Gasteiger partial charge in [0.05, 0.1) is 4.47 Å². The molecule has 3 N–H and O–H groups in total. The maximum Gasteiger partial charge on any atom is 0.573 e. The van der Waals surface area contributed by atoms with E-state index in [0.29, 0.717) is 17.2 Å². The van der Waals surface area contributed by atoms with Gasteiger partial charge in [0.15, 0.2) is 0 Å². The molecule has 1 aromatic heterocycles. The lowest BCUT2D eigenvalue weighted by molar-refractivity contribution is -0.274. The standard InChI is InChI=1S/C12H8BrClF3N3O/c13-8-5-7(1-2-9(8)21-12(15,16)17)19-11-4-6(18)3-10(14)20-11/h1-5H,(H3,18,19,20). The van der Waals surface area contributed by atoms with E-state index in [1.807, 2.05) is 0 Å². The number of nitrogens with zero attached hydrogens (tertiary/aromatic N) is 1. The first-order valence-corrected chi connectivity index (χ1v) is 6.65. The summed E-state index contributed by atoms with van der Waals surface area (Å²) in [5.41, 5.74) is 6.52. The summed E-state index contributed by atoms with van der Waals surface area (Å²) in [5.74, 6) is 0.0306. The molecule has 0 fully saturated rings. The molecule has 1 aromatic carbocycles. The first-order chi connectivity index (χ1) is 9.73. The molecule has 0 amide bonds. The number of halogens is 5. The molecule has 4 nitrogen and oxygen atoms in total. The van der Waals surface area contributed by atoms with Gasteiger partial charge < -0.3 is 15.8 Å². The average Bonchev–Trinajstić information content (AvgIpc) is 2.30. The Morgan fingerprint density at radius 3 is 2.52 bits per heavy atom. The number of hydrogen-bond donors (Lipinski definition) is 2. The first-order valence-electron chi connectivity index (χ1n) is 5.48. The fourth-order valence-electron chi connectivity index (χ4n) is 1.51. The van der Waals surface area contributed by atoms with Crippen LogP contribution >= 0.6 is 27.5 Å². The van der Waals surface area contributed by atoms with E-state index in [0.717, 1.165) is 0 Å². The van der Waals surface area contributed by atoms with Crippen molar-refractivity contribution in [2.75, 3.05) is 11.1 Å². The van der Waals surface area contributed by atoms with Crippen molar-refractivity contribution in [2.45, 2.75) is 6.36 Å². The van der Waals surface area contributed by atoms with Crippen LogP contribution in [0.4, 0.5) is 30.4 Å². The van der Waals surface area contributed by atoms with E-state index in [4.69, 9.17) is 17.3 Å². The van der Waals surface area contributed by atoms with Crippen molar-refractivity contribution < 1.29 is 17.9 Å². The summed E-state index contributed by atoms with van der Waals surface area (Å²) in [4.78, 5) is 3.99. The Labute approximate surface area is 131 Å². The van der Waals surface area contributed by atoms with Crippen molar-refractivity contribution >= 4 is 44.7 Å². The number of nitrogen functional groups attached to an aromatic ring is 1. The molecule has 0 unspecified atom stereocenters. The van der Waals surface area contributed by atoms with Gasteiger partial charge >= 0.3 is 6.36 Å². The Morgan fingerprint density at radius 2 is 1.95 bits per heavy atom. The third-order valence-corrected chi connectivity index (χ3v) is 3.06. The minimum atomic E-state index is -4.75. The number of aromatic nitrogens is 1. The molecule has 0 spiro atoms. The SMILES string of the molecule is Nc1cc(Cl)nc(Nc2ccc(OC(F)(F)F)c(Br)c2)c1. The van der Waals surface area contributed by atoms with Crippen LogP contribution in [0, 0.1) is 0 Å². The van der Waals surface area contributed by atoms with Gasteiger partial charge in [-0.25, -0.2) is 4.98 Å². The number of pyridine rings is 1. The molecule has 2 rings (SSSR count). The lowest BCUT2D eigenvalue weighted by Gasteiger charge is -2.12. The van der Waals surface area contributed by atoms with Gasteiger partial charge in [0.2, 0.25) is 0 Å². The highest BCUT2D eigenvalue weighted by Gasteiger charge is 2.31. The minimum Gasteiger partial charge on any atom is -0.405 e. The number of benzene rings is 1. The summed E-state index contributed by atoms with van der Waals surface area (Å²) in [6.45, 7) is 0. The summed E-state index contributed by atoms with van der Waals surface area (Å²) < 4.78 is 40.5. The molecule has 2 aromatic rings. The second-order valence-corrected chi connectivity index (χ2v) is 5.17. The second-order valence-electron chi connectivity index (χ2n) is 3.93. The number of rotatable bonds is 3. The molecule has 0 atom stereocenters. The van der Waals surface area contributed by atoms with Gasteiger partial charge in [-0.2, -0.15) is 0 Å². The predicted molar refractivity (Wildman–Crippen MR) is 77.8 cm³/mol. The van der Waals surface area contributed by atoms with Gasteiger partial charge in [0.1, 0.15) is 16.7 Å². The maximum absolute atomic E-state index is 12.2. The van der Waals surface area contributed by atoms with Crippen LogP contribution in [0.25, 0.3) is 0 Å². The smallest absolute Gasteiger partial charge is 0.405 e. The Kier molecular flexibility index (Phi) is 4.48. The largest absolute Gasteiger partial charge is 0.573 e. The van der Waals surface area contributed by atoms with E-state index in [1.54, 1.807) is 6.07 Å². The van der Waals surface area contributed by atoms with Crippen molar-refractivity contribution in [1.29, 1.82) is 0 Å². The topological polar surface area (TPSA) is 60.2 Å². The summed E-state index contributed by atoms with van der Waals surface area (Å²) in [5, 5.41) is 3.08. The molecule has 1 heterocycles. The van der Waals surface area contributed by atoms with E-state index in [-0.39, 0.29) is 15.4 Å². The maximum atomic E-state index is 12.2. The highest BCUT2D eigenvalue weighted by molar-refractivity contribution is 9.10. The van der Waals surface area contributed by atoms with Crippen molar-refractivity contribution in [3.05, 3.63) is 40.0 Å². The van der Waals surface area contributed by atoms with Crippen molar-refractivity contribution in [1.82, 2.24) is 4.98 Å². The quantitative estimate of drug-likeness (QED) is 0.754. The van der Waals surface area contributed by atoms with Crippen LogP contribution in [0.3, 0.4) is 0 Å². The van der Waals surface area contributed by atoms with Crippen LogP contribution < -0.4 is 15.8 Å². The van der Waals surface area contributed by atoms with Gasteiger partial charge in [-0.1, -0.05) is 11.6 Å². The monoisotopic (exact) mass is 381 g/mol. The summed E-state index contributed by atoms with van der Waals surface area (Å²) in [6, 6.07) is 7.01. The fourth-order valence-corrected chi connectivity index (χ4v) is 2.19. The molecule has 21 heavy (non-hydrogen) atoms. The molecule has 9 heteroatoms. The number of anilines is 3. The van der Waals surface area contributed by atoms with Gasteiger partial charge in [0.25, 0.3) is 0 Å². The highest BCUT2D eigenvalue weighted by atomic mass is 79.9. The van der Waals surface area contributed by atoms with Gasteiger partial charge in [-0.05, 0) is 40.2 Å². The molecule has 0 radical (unpaired) electrons. The number of nitrogens with two attached hydrogens (primary N) is 1. The molecule has 0 aliphatic heterocycles. The molecule has 0 aliphatic carbocycles. The summed E-state index contributed by atoms with van der Waals surface area (Å²) in [7, 11) is 0. The average molecular weight is 383 g/mol. The number of alkyl halides is 3. The van der Waals surface area contributed by atoms with Crippen LogP contribution in [-0.4, -0.2) is 11.3 Å². The third-order valence-electron chi connectivity index (χ3n) is 2.25. The number of hydrogen-bond acceptors (Lipinski definition) is 4. The fraction of sp³-hybridized carbons (Fsp3) is 0.0833. The van der Waals surface area contributed by atoms with Gasteiger partial charge in [-0.3, -0.25) is 0 Å². The summed E-state index contributed by atoms with van der Waals surface area (Å²) in [6.07, 6.45) is -4.75. The zero-order chi connectivity index (χ0) is 15.6. The van der Waals surface area contributed by atoms with Crippen LogP contribution in [0.5, 0.6) is 5.75 Å². The lowest BCUT2D eigenvalue weighted by atomic mass is 10.3. The normalized spacial score (nSPS) is 11.3. The molecule has 0 saturated carbocycles.